The largest absolute Gasteiger partial charge is 0.398 e. The van der Waals surface area contributed by atoms with Crippen LogP contribution in [0, 0.1) is 5.82 Å². The number of para-hydroxylation sites is 1. The highest BCUT2D eigenvalue weighted by molar-refractivity contribution is 7.99. The van der Waals surface area contributed by atoms with Gasteiger partial charge in [0.1, 0.15) is 5.82 Å². The second-order valence-corrected chi connectivity index (χ2v) is 5.85. The summed E-state index contributed by atoms with van der Waals surface area (Å²) in [4.78, 5) is 12.6. The number of hydrogen-bond acceptors (Lipinski definition) is 3. The molecule has 0 saturated carbocycles. The maximum Gasteiger partial charge on any atom is 0.225 e. The first-order valence-corrected chi connectivity index (χ1v) is 7.65. The number of hydrogen-bond donors (Lipinski definition) is 2. The van der Waals surface area contributed by atoms with Crippen LogP contribution in [0.5, 0.6) is 0 Å². The van der Waals surface area contributed by atoms with Gasteiger partial charge in [-0.2, -0.15) is 0 Å². The molecule has 0 spiro atoms. The zero-order valence-corrected chi connectivity index (χ0v) is 12.7. The van der Waals surface area contributed by atoms with Crippen LogP contribution in [0.25, 0.3) is 0 Å². The minimum Gasteiger partial charge on any atom is -0.398 e. The van der Waals surface area contributed by atoms with Crippen LogP contribution in [0.3, 0.4) is 0 Å². The van der Waals surface area contributed by atoms with E-state index in [0.29, 0.717) is 28.6 Å². The molecule has 21 heavy (non-hydrogen) atoms. The van der Waals surface area contributed by atoms with Crippen molar-refractivity contribution in [2.75, 3.05) is 16.8 Å². The van der Waals surface area contributed by atoms with Gasteiger partial charge in [0.05, 0.1) is 10.7 Å². The molecule has 110 valence electrons. The lowest BCUT2D eigenvalue weighted by Gasteiger charge is -2.08. The van der Waals surface area contributed by atoms with Crippen molar-refractivity contribution < 1.29 is 9.18 Å². The molecular formula is C15H14ClFN2OS. The summed E-state index contributed by atoms with van der Waals surface area (Å²) in [5.41, 5.74) is 6.68. The lowest BCUT2D eigenvalue weighted by molar-refractivity contribution is -0.115. The summed E-state index contributed by atoms with van der Waals surface area (Å²) in [6.07, 6.45) is 0.312. The van der Waals surface area contributed by atoms with Crippen LogP contribution in [-0.4, -0.2) is 11.7 Å². The van der Waals surface area contributed by atoms with E-state index in [-0.39, 0.29) is 11.7 Å². The Bertz CT molecular complexity index is 651. The lowest BCUT2D eigenvalue weighted by Crippen LogP contribution is -2.12. The van der Waals surface area contributed by atoms with E-state index in [1.54, 1.807) is 30.3 Å². The van der Waals surface area contributed by atoms with E-state index in [1.807, 2.05) is 0 Å². The standard InChI is InChI=1S/C15H14ClFN2OS/c16-11-3-1-2-4-13(11)19-15(20)7-8-21-14-6-5-10(17)9-12(14)18/h1-6,9H,7-8,18H2,(H,19,20). The summed E-state index contributed by atoms with van der Waals surface area (Å²) in [5, 5.41) is 3.25. The van der Waals surface area contributed by atoms with Crippen molar-refractivity contribution in [2.45, 2.75) is 11.3 Å². The molecule has 0 unspecified atom stereocenters. The van der Waals surface area contributed by atoms with Gasteiger partial charge in [0.2, 0.25) is 5.91 Å². The molecule has 0 aliphatic carbocycles. The maximum absolute atomic E-state index is 12.9. The number of benzene rings is 2. The number of nitrogens with two attached hydrogens (primary N) is 1. The quantitative estimate of drug-likeness (QED) is 0.640. The number of carbonyl (C=O) groups excluding carboxylic acids is 1. The maximum atomic E-state index is 12.9. The van der Waals surface area contributed by atoms with Gasteiger partial charge in [0.15, 0.2) is 0 Å². The Hall–Kier alpha value is -1.72. The van der Waals surface area contributed by atoms with E-state index in [4.69, 9.17) is 17.3 Å². The van der Waals surface area contributed by atoms with Crippen LogP contribution < -0.4 is 11.1 Å². The molecule has 3 N–H and O–H groups in total. The van der Waals surface area contributed by atoms with Gasteiger partial charge in [0.25, 0.3) is 0 Å². The molecule has 0 bridgehead atoms. The zero-order chi connectivity index (χ0) is 15.2. The fourth-order valence-corrected chi connectivity index (χ4v) is 2.76. The molecular weight excluding hydrogens is 311 g/mol. The Labute approximate surface area is 131 Å². The number of nitrogens with one attached hydrogen (secondary N) is 1. The Morgan fingerprint density at radius 2 is 2.05 bits per heavy atom. The molecule has 2 aromatic carbocycles. The molecule has 0 fully saturated rings. The second-order valence-electron chi connectivity index (χ2n) is 4.31. The van der Waals surface area contributed by atoms with Crippen molar-refractivity contribution in [2.24, 2.45) is 0 Å². The number of amides is 1. The van der Waals surface area contributed by atoms with Crippen LogP contribution in [-0.2, 0) is 4.79 Å². The van der Waals surface area contributed by atoms with Crippen molar-refractivity contribution in [3.05, 3.63) is 53.3 Å². The molecule has 2 aromatic rings. The molecule has 0 aliphatic heterocycles. The second kappa shape index (κ2) is 7.33. The van der Waals surface area contributed by atoms with Gasteiger partial charge in [-0.3, -0.25) is 4.79 Å². The van der Waals surface area contributed by atoms with Crippen molar-refractivity contribution in [3.63, 3.8) is 0 Å². The fourth-order valence-electron chi connectivity index (χ4n) is 1.68. The highest BCUT2D eigenvalue weighted by Gasteiger charge is 2.07. The smallest absolute Gasteiger partial charge is 0.225 e. The molecule has 0 aliphatic rings. The average Bonchev–Trinajstić information content (AvgIpc) is 2.44. The number of anilines is 2. The number of halogens is 2. The summed E-state index contributed by atoms with van der Waals surface area (Å²) in [6, 6.07) is 11.3. The number of nitrogen functional groups attached to an aromatic ring is 1. The summed E-state index contributed by atoms with van der Waals surface area (Å²) in [5.74, 6) is 0.0520. The average molecular weight is 325 g/mol. The molecule has 0 saturated heterocycles. The van der Waals surface area contributed by atoms with Gasteiger partial charge >= 0.3 is 0 Å². The predicted octanol–water partition coefficient (Wildman–Crippen LogP) is 4.18. The topological polar surface area (TPSA) is 55.1 Å². The first kappa shape index (κ1) is 15.7. The van der Waals surface area contributed by atoms with E-state index in [2.05, 4.69) is 5.32 Å². The Balaban J connectivity index is 1.83. The first-order valence-electron chi connectivity index (χ1n) is 6.28. The van der Waals surface area contributed by atoms with Crippen molar-refractivity contribution in [3.8, 4) is 0 Å². The molecule has 0 radical (unpaired) electrons. The van der Waals surface area contributed by atoms with Gasteiger partial charge < -0.3 is 11.1 Å². The molecule has 2 rings (SSSR count). The van der Waals surface area contributed by atoms with E-state index < -0.39 is 0 Å². The van der Waals surface area contributed by atoms with Gasteiger partial charge in [-0.15, -0.1) is 11.8 Å². The summed E-state index contributed by atoms with van der Waals surface area (Å²) < 4.78 is 12.9. The van der Waals surface area contributed by atoms with Gasteiger partial charge in [-0.25, -0.2) is 4.39 Å². The van der Waals surface area contributed by atoms with Crippen LogP contribution >= 0.6 is 23.4 Å². The predicted molar refractivity (Wildman–Crippen MR) is 86.2 cm³/mol. The Morgan fingerprint density at radius 1 is 1.29 bits per heavy atom. The highest BCUT2D eigenvalue weighted by Crippen LogP contribution is 2.26. The van der Waals surface area contributed by atoms with Crippen LogP contribution in [0.15, 0.2) is 47.4 Å². The van der Waals surface area contributed by atoms with E-state index in [1.165, 1.54) is 23.9 Å². The third kappa shape index (κ3) is 4.65. The van der Waals surface area contributed by atoms with Crippen molar-refractivity contribution >= 4 is 40.6 Å². The lowest BCUT2D eigenvalue weighted by atomic mass is 10.3. The number of rotatable bonds is 5. The number of carbonyl (C=O) groups is 1. The van der Waals surface area contributed by atoms with E-state index >= 15 is 0 Å². The van der Waals surface area contributed by atoms with E-state index in [9.17, 15) is 9.18 Å². The molecule has 1 amide bonds. The number of thioether (sulfide) groups is 1. The van der Waals surface area contributed by atoms with Gasteiger partial charge in [-0.05, 0) is 30.3 Å². The third-order valence-corrected chi connectivity index (χ3v) is 4.13. The fraction of sp³-hybridized carbons (Fsp3) is 0.133. The van der Waals surface area contributed by atoms with Crippen molar-refractivity contribution in [1.29, 1.82) is 0 Å². The first-order chi connectivity index (χ1) is 10.1. The highest BCUT2D eigenvalue weighted by atomic mass is 35.5. The van der Waals surface area contributed by atoms with Crippen molar-refractivity contribution in [1.82, 2.24) is 0 Å². The summed E-state index contributed by atoms with van der Waals surface area (Å²) >= 11 is 7.38. The van der Waals surface area contributed by atoms with Crippen LogP contribution in [0.4, 0.5) is 15.8 Å². The molecule has 6 heteroatoms. The minimum atomic E-state index is -0.367. The van der Waals surface area contributed by atoms with Crippen LogP contribution in [0.1, 0.15) is 6.42 Å². The SMILES string of the molecule is Nc1cc(F)ccc1SCCC(=O)Nc1ccccc1Cl. The van der Waals surface area contributed by atoms with E-state index in [0.717, 1.165) is 4.90 Å². The monoisotopic (exact) mass is 324 g/mol. The zero-order valence-electron chi connectivity index (χ0n) is 11.1. The minimum absolute atomic E-state index is 0.128. The summed E-state index contributed by atoms with van der Waals surface area (Å²) in [7, 11) is 0. The molecule has 3 nitrogen and oxygen atoms in total. The third-order valence-electron chi connectivity index (χ3n) is 2.71. The van der Waals surface area contributed by atoms with Crippen LogP contribution in [0.2, 0.25) is 5.02 Å². The Morgan fingerprint density at radius 3 is 2.76 bits per heavy atom. The molecule has 0 aromatic heterocycles. The van der Waals surface area contributed by atoms with Gasteiger partial charge in [0, 0.05) is 22.8 Å². The molecule has 0 heterocycles. The molecule has 0 atom stereocenters. The normalized spacial score (nSPS) is 10.4. The van der Waals surface area contributed by atoms with Gasteiger partial charge in [-0.1, -0.05) is 23.7 Å². The summed E-state index contributed by atoms with van der Waals surface area (Å²) in [6.45, 7) is 0. The Kier molecular flexibility index (Phi) is 5.47.